The Balaban J connectivity index is 1.83. The predicted octanol–water partition coefficient (Wildman–Crippen LogP) is 0.667. The van der Waals surface area contributed by atoms with Gasteiger partial charge in [-0.05, 0) is 6.07 Å². The molecule has 1 saturated heterocycles. The van der Waals surface area contributed by atoms with Crippen LogP contribution in [0.25, 0.3) is 0 Å². The van der Waals surface area contributed by atoms with Gasteiger partial charge in [0.1, 0.15) is 12.7 Å². The number of rotatable bonds is 6. The highest BCUT2D eigenvalue weighted by Gasteiger charge is 2.18. The fraction of sp³-hybridized carbons (Fsp3) is 0.538. The van der Waals surface area contributed by atoms with Gasteiger partial charge in [0, 0.05) is 25.7 Å². The number of aliphatic hydroxyl groups is 1. The van der Waals surface area contributed by atoms with Gasteiger partial charge in [-0.25, -0.2) is 0 Å². The van der Waals surface area contributed by atoms with E-state index in [1.54, 1.807) is 12.1 Å². The lowest BCUT2D eigenvalue weighted by atomic mass is 10.3. The lowest BCUT2D eigenvalue weighted by molar-refractivity contribution is -0.385. The Morgan fingerprint density at radius 1 is 1.40 bits per heavy atom. The molecule has 0 saturated carbocycles. The van der Waals surface area contributed by atoms with Crippen molar-refractivity contribution in [1.29, 1.82) is 0 Å². The molecule has 1 aromatic rings. The van der Waals surface area contributed by atoms with E-state index in [0.717, 1.165) is 13.1 Å². The van der Waals surface area contributed by atoms with Gasteiger partial charge in [-0.15, -0.1) is 0 Å². The number of β-amino-alcohol motifs (C(OH)–C–C–N with tert-alkyl or cyclic N) is 1. The summed E-state index contributed by atoms with van der Waals surface area (Å²) in [6, 6.07) is 6.15. The van der Waals surface area contributed by atoms with Gasteiger partial charge in [0.15, 0.2) is 5.75 Å². The van der Waals surface area contributed by atoms with Gasteiger partial charge in [0.05, 0.1) is 18.1 Å². The number of benzene rings is 1. The summed E-state index contributed by atoms with van der Waals surface area (Å²) < 4.78 is 10.6. The van der Waals surface area contributed by atoms with Crippen molar-refractivity contribution in [1.82, 2.24) is 4.90 Å². The summed E-state index contributed by atoms with van der Waals surface area (Å²) in [5.74, 6) is 0.179. The molecule has 7 nitrogen and oxygen atoms in total. The normalized spacial score (nSPS) is 17.6. The maximum atomic E-state index is 10.8. The van der Waals surface area contributed by atoms with Crippen LogP contribution in [0.4, 0.5) is 5.69 Å². The van der Waals surface area contributed by atoms with Gasteiger partial charge in [0.2, 0.25) is 0 Å². The standard InChI is InChI=1S/C13H18N2O5/c16-11(9-14-5-7-19-8-6-14)10-20-13-4-2-1-3-12(13)15(17)18/h1-4,11,16H,5-10H2/t11-/m1/s1. The number of para-hydroxylation sites is 2. The Morgan fingerprint density at radius 2 is 2.10 bits per heavy atom. The number of ether oxygens (including phenoxy) is 2. The van der Waals surface area contributed by atoms with Crippen molar-refractivity contribution in [3.8, 4) is 5.75 Å². The lowest BCUT2D eigenvalue weighted by Gasteiger charge is -2.28. The second kappa shape index (κ2) is 7.18. The van der Waals surface area contributed by atoms with Gasteiger partial charge in [-0.3, -0.25) is 15.0 Å². The number of nitro groups is 1. The summed E-state index contributed by atoms with van der Waals surface area (Å²) in [5.41, 5.74) is -0.0916. The van der Waals surface area contributed by atoms with Gasteiger partial charge in [-0.1, -0.05) is 12.1 Å². The largest absolute Gasteiger partial charge is 0.484 e. The van der Waals surface area contributed by atoms with Crippen LogP contribution in [-0.2, 0) is 4.74 Å². The molecule has 2 rings (SSSR count). The Hall–Kier alpha value is -1.70. The van der Waals surface area contributed by atoms with Crippen molar-refractivity contribution >= 4 is 5.69 Å². The van der Waals surface area contributed by atoms with E-state index >= 15 is 0 Å². The number of morpholine rings is 1. The number of aliphatic hydroxyl groups excluding tert-OH is 1. The zero-order valence-corrected chi connectivity index (χ0v) is 11.1. The molecule has 20 heavy (non-hydrogen) atoms. The smallest absolute Gasteiger partial charge is 0.310 e. The average Bonchev–Trinajstić information content (AvgIpc) is 2.46. The zero-order chi connectivity index (χ0) is 14.4. The molecule has 0 aromatic heterocycles. The van der Waals surface area contributed by atoms with E-state index in [0.29, 0.717) is 19.8 Å². The van der Waals surface area contributed by atoms with Gasteiger partial charge in [-0.2, -0.15) is 0 Å². The number of nitro benzene ring substituents is 1. The topological polar surface area (TPSA) is 85.1 Å². The molecule has 1 fully saturated rings. The summed E-state index contributed by atoms with van der Waals surface area (Å²) in [4.78, 5) is 12.4. The molecule has 0 amide bonds. The fourth-order valence-corrected chi connectivity index (χ4v) is 2.05. The monoisotopic (exact) mass is 282 g/mol. The van der Waals surface area contributed by atoms with E-state index < -0.39 is 11.0 Å². The zero-order valence-electron chi connectivity index (χ0n) is 11.1. The quantitative estimate of drug-likeness (QED) is 0.609. The highest BCUT2D eigenvalue weighted by atomic mass is 16.6. The first-order valence-electron chi connectivity index (χ1n) is 6.51. The third kappa shape index (κ3) is 4.16. The molecule has 0 bridgehead atoms. The van der Waals surface area contributed by atoms with Crippen LogP contribution >= 0.6 is 0 Å². The first-order chi connectivity index (χ1) is 9.66. The molecule has 1 aliphatic heterocycles. The SMILES string of the molecule is O=[N+]([O-])c1ccccc1OC[C@H](O)CN1CCOCC1. The number of hydrogen-bond acceptors (Lipinski definition) is 6. The summed E-state index contributed by atoms with van der Waals surface area (Å²) in [7, 11) is 0. The van der Waals surface area contributed by atoms with Crippen LogP contribution in [0.5, 0.6) is 5.75 Å². The Labute approximate surface area is 116 Å². The van der Waals surface area contributed by atoms with Crippen LogP contribution in [0.1, 0.15) is 0 Å². The van der Waals surface area contributed by atoms with Crippen molar-refractivity contribution in [2.24, 2.45) is 0 Å². The van der Waals surface area contributed by atoms with Crippen molar-refractivity contribution in [2.45, 2.75) is 6.10 Å². The molecule has 1 heterocycles. The van der Waals surface area contributed by atoms with Crippen LogP contribution in [0, 0.1) is 10.1 Å². The van der Waals surface area contributed by atoms with Crippen molar-refractivity contribution in [2.75, 3.05) is 39.5 Å². The molecule has 110 valence electrons. The summed E-state index contributed by atoms with van der Waals surface area (Å²) in [6.07, 6.45) is -0.687. The maximum absolute atomic E-state index is 10.8. The molecule has 0 radical (unpaired) electrons. The third-order valence-electron chi connectivity index (χ3n) is 3.07. The molecular formula is C13H18N2O5. The van der Waals surface area contributed by atoms with Crippen LogP contribution < -0.4 is 4.74 Å². The highest BCUT2D eigenvalue weighted by Crippen LogP contribution is 2.25. The number of hydrogen-bond donors (Lipinski definition) is 1. The van der Waals surface area contributed by atoms with E-state index in [4.69, 9.17) is 9.47 Å². The summed E-state index contributed by atoms with van der Waals surface area (Å²) in [5, 5.41) is 20.7. The van der Waals surface area contributed by atoms with Crippen molar-refractivity contribution < 1.29 is 19.5 Å². The Kier molecular flexibility index (Phi) is 5.28. The summed E-state index contributed by atoms with van der Waals surface area (Å²) in [6.45, 7) is 3.40. The highest BCUT2D eigenvalue weighted by molar-refractivity contribution is 5.45. The first-order valence-corrected chi connectivity index (χ1v) is 6.51. The predicted molar refractivity (Wildman–Crippen MR) is 71.9 cm³/mol. The lowest BCUT2D eigenvalue weighted by Crippen LogP contribution is -2.42. The molecule has 1 aromatic carbocycles. The Bertz CT molecular complexity index is 448. The van der Waals surface area contributed by atoms with Gasteiger partial charge < -0.3 is 14.6 Å². The second-order valence-electron chi connectivity index (χ2n) is 4.60. The number of nitrogens with zero attached hydrogens (tertiary/aromatic N) is 2. The fourth-order valence-electron chi connectivity index (χ4n) is 2.05. The molecular weight excluding hydrogens is 264 g/mol. The van der Waals surface area contributed by atoms with Gasteiger partial charge in [0.25, 0.3) is 0 Å². The van der Waals surface area contributed by atoms with E-state index in [1.165, 1.54) is 12.1 Å². The average molecular weight is 282 g/mol. The molecule has 0 spiro atoms. The van der Waals surface area contributed by atoms with Crippen LogP contribution in [-0.4, -0.2) is 60.5 Å². The molecule has 0 unspecified atom stereocenters. The summed E-state index contributed by atoms with van der Waals surface area (Å²) >= 11 is 0. The minimum absolute atomic E-state index is 0.0300. The first kappa shape index (κ1) is 14.7. The molecule has 1 atom stereocenters. The van der Waals surface area contributed by atoms with Crippen LogP contribution in [0.2, 0.25) is 0 Å². The van der Waals surface area contributed by atoms with Crippen LogP contribution in [0.3, 0.4) is 0 Å². The van der Waals surface area contributed by atoms with Crippen LogP contribution in [0.15, 0.2) is 24.3 Å². The minimum atomic E-state index is -0.687. The third-order valence-corrected chi connectivity index (χ3v) is 3.07. The van der Waals surface area contributed by atoms with E-state index in [2.05, 4.69) is 4.90 Å². The van der Waals surface area contributed by atoms with Gasteiger partial charge >= 0.3 is 5.69 Å². The Morgan fingerprint density at radius 3 is 2.80 bits per heavy atom. The van der Waals surface area contributed by atoms with E-state index in [9.17, 15) is 15.2 Å². The molecule has 0 aliphatic carbocycles. The van der Waals surface area contributed by atoms with Crippen molar-refractivity contribution in [3.63, 3.8) is 0 Å². The van der Waals surface area contributed by atoms with E-state index in [1.807, 2.05) is 0 Å². The maximum Gasteiger partial charge on any atom is 0.310 e. The second-order valence-corrected chi connectivity index (χ2v) is 4.60. The van der Waals surface area contributed by atoms with E-state index in [-0.39, 0.29) is 18.0 Å². The molecule has 7 heteroatoms. The van der Waals surface area contributed by atoms with Crippen molar-refractivity contribution in [3.05, 3.63) is 34.4 Å². The minimum Gasteiger partial charge on any atom is -0.484 e. The molecule has 1 N–H and O–H groups in total. The molecule has 1 aliphatic rings.